The van der Waals surface area contributed by atoms with Gasteiger partial charge in [-0.05, 0) is 41.2 Å². The standard InChI is InChI=1S/C35H35FN4O11/c1-18(29(37)43)38-31(45)27(16-19-10-12-20(13-11-19)35(36,32(46)47)33(48)49)39-30(44)26(14-15-28(41)42)40-34(50)51-17-25-23-8-4-2-6-21(23)22-7-3-5-9-24(22)25/h2-13,18,25-27H,14-17H2,1H3,(H2,37,43)(H,38,45)(H,39,44)(H,40,50)(H,41,42)(H,46,47)(H,48,49)/t18-,26-,27-/m0/s1. The van der Waals surface area contributed by atoms with E-state index in [1.54, 1.807) is 0 Å². The van der Waals surface area contributed by atoms with E-state index in [-0.39, 0.29) is 24.5 Å². The number of rotatable bonds is 16. The van der Waals surface area contributed by atoms with Crippen molar-refractivity contribution >= 4 is 41.7 Å². The summed E-state index contributed by atoms with van der Waals surface area (Å²) in [6, 6.07) is 15.0. The Morgan fingerprint density at radius 1 is 0.784 bits per heavy atom. The van der Waals surface area contributed by atoms with Gasteiger partial charge in [0.25, 0.3) is 0 Å². The quantitative estimate of drug-likeness (QED) is 0.106. The topological polar surface area (TPSA) is 252 Å². The summed E-state index contributed by atoms with van der Waals surface area (Å²) in [5.74, 6) is -8.93. The highest BCUT2D eigenvalue weighted by Crippen LogP contribution is 2.44. The van der Waals surface area contributed by atoms with E-state index in [2.05, 4.69) is 16.0 Å². The number of nitrogens with two attached hydrogens (primary N) is 1. The first-order valence-corrected chi connectivity index (χ1v) is 15.6. The van der Waals surface area contributed by atoms with Crippen LogP contribution >= 0.6 is 0 Å². The number of carbonyl (C=O) groups is 7. The van der Waals surface area contributed by atoms with Crippen LogP contribution in [0.2, 0.25) is 0 Å². The van der Waals surface area contributed by atoms with Crippen LogP contribution in [0.15, 0.2) is 72.8 Å². The predicted octanol–water partition coefficient (Wildman–Crippen LogP) is 1.81. The molecule has 16 heteroatoms. The van der Waals surface area contributed by atoms with Gasteiger partial charge >= 0.3 is 29.7 Å². The van der Waals surface area contributed by atoms with Crippen molar-refractivity contribution < 1.29 is 58.0 Å². The number of carboxylic acids is 3. The molecule has 3 aromatic carbocycles. The lowest BCUT2D eigenvalue weighted by Crippen LogP contribution is -2.56. The summed E-state index contributed by atoms with van der Waals surface area (Å²) < 4.78 is 20.3. The maximum absolute atomic E-state index is 14.8. The Balaban J connectivity index is 1.51. The molecule has 0 bridgehead atoms. The second-order valence-electron chi connectivity index (χ2n) is 11.8. The van der Waals surface area contributed by atoms with Gasteiger partial charge in [-0.3, -0.25) is 19.2 Å². The van der Waals surface area contributed by atoms with Gasteiger partial charge in [-0.25, -0.2) is 18.8 Å². The Bertz CT molecular complexity index is 1790. The van der Waals surface area contributed by atoms with Crippen LogP contribution in [0.1, 0.15) is 47.9 Å². The fourth-order valence-corrected chi connectivity index (χ4v) is 5.63. The molecule has 3 aromatic rings. The lowest BCUT2D eigenvalue weighted by atomic mass is 9.93. The molecule has 0 aliphatic heterocycles. The summed E-state index contributed by atoms with van der Waals surface area (Å²) in [5, 5.41) is 34.7. The van der Waals surface area contributed by atoms with Gasteiger partial charge in [0.2, 0.25) is 17.7 Å². The highest BCUT2D eigenvalue weighted by Gasteiger charge is 2.49. The van der Waals surface area contributed by atoms with Crippen LogP contribution in [-0.4, -0.2) is 81.8 Å². The van der Waals surface area contributed by atoms with Crippen LogP contribution < -0.4 is 21.7 Å². The average Bonchev–Trinajstić information content (AvgIpc) is 3.41. The van der Waals surface area contributed by atoms with Crippen LogP contribution in [-0.2, 0) is 45.6 Å². The van der Waals surface area contributed by atoms with Crippen molar-refractivity contribution in [2.75, 3.05) is 6.61 Å². The van der Waals surface area contributed by atoms with E-state index in [1.165, 1.54) is 6.92 Å². The van der Waals surface area contributed by atoms with Crippen molar-refractivity contribution in [2.24, 2.45) is 5.73 Å². The number of ether oxygens (including phenoxy) is 1. The third-order valence-corrected chi connectivity index (χ3v) is 8.40. The molecule has 0 heterocycles. The summed E-state index contributed by atoms with van der Waals surface area (Å²) in [4.78, 5) is 85.5. The van der Waals surface area contributed by atoms with E-state index in [9.17, 15) is 43.1 Å². The fraction of sp³-hybridized carbons (Fsp3) is 0.286. The third kappa shape index (κ3) is 8.65. The van der Waals surface area contributed by atoms with Crippen molar-refractivity contribution in [1.82, 2.24) is 16.0 Å². The molecule has 1 aliphatic rings. The molecule has 0 saturated carbocycles. The smallest absolute Gasteiger partial charge is 0.407 e. The minimum atomic E-state index is -3.76. The van der Waals surface area contributed by atoms with Crippen molar-refractivity contribution in [3.8, 4) is 11.1 Å². The number of benzene rings is 3. The zero-order valence-corrected chi connectivity index (χ0v) is 27.1. The highest BCUT2D eigenvalue weighted by atomic mass is 19.1. The largest absolute Gasteiger partial charge is 0.481 e. The summed E-state index contributed by atoms with van der Waals surface area (Å²) >= 11 is 0. The van der Waals surface area contributed by atoms with Crippen molar-refractivity contribution in [3.63, 3.8) is 0 Å². The molecule has 4 rings (SSSR count). The average molecular weight is 707 g/mol. The number of carboxylic acid groups (broad SMARTS) is 3. The second kappa shape index (κ2) is 15.9. The molecule has 8 N–H and O–H groups in total. The van der Waals surface area contributed by atoms with E-state index < -0.39 is 83.9 Å². The maximum Gasteiger partial charge on any atom is 0.407 e. The van der Waals surface area contributed by atoms with E-state index in [0.29, 0.717) is 0 Å². The fourth-order valence-electron chi connectivity index (χ4n) is 5.63. The lowest BCUT2D eigenvalue weighted by molar-refractivity contribution is -0.168. The van der Waals surface area contributed by atoms with E-state index in [1.807, 2.05) is 48.5 Å². The Kier molecular flexibility index (Phi) is 11.7. The molecule has 268 valence electrons. The van der Waals surface area contributed by atoms with Crippen LogP contribution in [0.25, 0.3) is 11.1 Å². The van der Waals surface area contributed by atoms with Gasteiger partial charge in [0.15, 0.2) is 0 Å². The van der Waals surface area contributed by atoms with Crippen LogP contribution in [0.4, 0.5) is 9.18 Å². The molecule has 0 saturated heterocycles. The van der Waals surface area contributed by atoms with Crippen molar-refractivity contribution in [3.05, 3.63) is 95.1 Å². The van der Waals surface area contributed by atoms with Gasteiger partial charge in [-0.2, -0.15) is 0 Å². The molecule has 4 amide bonds. The number of fused-ring (bicyclic) bond motifs is 3. The van der Waals surface area contributed by atoms with E-state index in [4.69, 9.17) is 20.7 Å². The number of carbonyl (C=O) groups excluding carboxylic acids is 4. The molecule has 0 unspecified atom stereocenters. The maximum atomic E-state index is 14.8. The van der Waals surface area contributed by atoms with Gasteiger partial charge in [0.05, 0.1) is 0 Å². The number of amides is 4. The Morgan fingerprint density at radius 3 is 1.82 bits per heavy atom. The highest BCUT2D eigenvalue weighted by molar-refractivity contribution is 6.02. The zero-order chi connectivity index (χ0) is 37.5. The molecule has 0 radical (unpaired) electrons. The predicted molar refractivity (Wildman–Crippen MR) is 176 cm³/mol. The van der Waals surface area contributed by atoms with E-state index in [0.717, 1.165) is 46.5 Å². The monoisotopic (exact) mass is 706 g/mol. The van der Waals surface area contributed by atoms with Crippen LogP contribution in [0.3, 0.4) is 0 Å². The molecule has 0 spiro atoms. The Hall–Kier alpha value is -6.32. The Labute approximate surface area is 290 Å². The SMILES string of the molecule is C[C@H](NC(=O)[C@H](Cc1ccc(C(F)(C(=O)O)C(=O)O)cc1)NC(=O)[C@H](CCC(=O)O)NC(=O)OCC1c2ccccc2-c2ccccc21)C(N)=O. The number of hydrogen-bond donors (Lipinski definition) is 7. The van der Waals surface area contributed by atoms with Crippen molar-refractivity contribution in [2.45, 2.75) is 55.9 Å². The molecular formula is C35H35FN4O11. The zero-order valence-electron chi connectivity index (χ0n) is 27.1. The lowest BCUT2D eigenvalue weighted by Gasteiger charge is -2.24. The minimum absolute atomic E-state index is 0.108. The number of alkyl halides is 1. The van der Waals surface area contributed by atoms with Gasteiger partial charge in [0, 0.05) is 24.3 Å². The molecule has 51 heavy (non-hydrogen) atoms. The van der Waals surface area contributed by atoms with Gasteiger partial charge < -0.3 is 41.7 Å². The molecule has 0 aromatic heterocycles. The molecule has 3 atom stereocenters. The number of halogens is 1. The Morgan fingerprint density at radius 2 is 1.31 bits per heavy atom. The second-order valence-corrected chi connectivity index (χ2v) is 11.8. The number of alkyl carbamates (subject to hydrolysis) is 1. The molecule has 0 fully saturated rings. The van der Waals surface area contributed by atoms with Crippen LogP contribution in [0.5, 0.6) is 0 Å². The summed E-state index contributed by atoms with van der Waals surface area (Å²) in [6.07, 6.45) is -2.36. The molecule has 15 nitrogen and oxygen atoms in total. The normalized spacial score (nSPS) is 13.8. The third-order valence-electron chi connectivity index (χ3n) is 8.40. The molecule has 1 aliphatic carbocycles. The van der Waals surface area contributed by atoms with Gasteiger partial charge in [-0.1, -0.05) is 72.8 Å². The number of primary amides is 1. The first-order chi connectivity index (χ1) is 24.1. The summed E-state index contributed by atoms with van der Waals surface area (Å²) in [6.45, 7) is 1.17. The first kappa shape index (κ1) is 37.5. The van der Waals surface area contributed by atoms with Gasteiger partial charge in [-0.15, -0.1) is 0 Å². The summed E-state index contributed by atoms with van der Waals surface area (Å²) in [7, 11) is 0. The van der Waals surface area contributed by atoms with Crippen molar-refractivity contribution in [1.29, 1.82) is 0 Å². The molecular weight excluding hydrogens is 671 g/mol. The van der Waals surface area contributed by atoms with Gasteiger partial charge in [0.1, 0.15) is 24.7 Å². The van der Waals surface area contributed by atoms with E-state index >= 15 is 0 Å². The summed E-state index contributed by atoms with van der Waals surface area (Å²) in [5.41, 5.74) is 4.79. The minimum Gasteiger partial charge on any atom is -0.481 e. The number of aliphatic carboxylic acids is 3. The first-order valence-electron chi connectivity index (χ1n) is 15.6. The number of hydrogen-bond acceptors (Lipinski definition) is 8. The number of nitrogens with one attached hydrogen (secondary N) is 3. The van der Waals surface area contributed by atoms with Crippen LogP contribution in [0, 0.1) is 0 Å².